The van der Waals surface area contributed by atoms with E-state index in [0.29, 0.717) is 6.10 Å². The Balaban J connectivity index is 3.25. The average Bonchev–Trinajstić information content (AvgIpc) is 2.17. The van der Waals surface area contributed by atoms with E-state index in [1.165, 1.54) is 38.5 Å². The van der Waals surface area contributed by atoms with Crippen LogP contribution in [0.15, 0.2) is 0 Å². The number of unbranched alkanes of at least 4 members (excludes halogenated alkanes) is 3. The highest BCUT2D eigenvalue weighted by molar-refractivity contribution is 4.59. The second-order valence-electron chi connectivity index (χ2n) is 3.63. The summed E-state index contributed by atoms with van der Waals surface area (Å²) < 4.78 is 5.73. The fraction of sp³-hybridized carbons (Fsp3) is 0.917. The SMILES string of the molecule is [CH2]CC(CCCC)OCCCCC. The van der Waals surface area contributed by atoms with E-state index in [4.69, 9.17) is 4.74 Å². The van der Waals surface area contributed by atoms with Gasteiger partial charge in [-0.05, 0) is 19.3 Å². The van der Waals surface area contributed by atoms with Gasteiger partial charge in [-0.1, -0.05) is 46.5 Å². The molecule has 1 unspecified atom stereocenters. The summed E-state index contributed by atoms with van der Waals surface area (Å²) >= 11 is 0. The van der Waals surface area contributed by atoms with Gasteiger partial charge in [0, 0.05) is 6.61 Å². The summed E-state index contributed by atoms with van der Waals surface area (Å²) in [7, 11) is 0. The third kappa shape index (κ3) is 8.29. The molecule has 13 heavy (non-hydrogen) atoms. The first-order valence-corrected chi connectivity index (χ1v) is 5.76. The second kappa shape index (κ2) is 10.0. The Labute approximate surface area is 83.9 Å². The van der Waals surface area contributed by atoms with Gasteiger partial charge in [-0.15, -0.1) is 0 Å². The normalized spacial score (nSPS) is 13.2. The number of hydrogen-bond donors (Lipinski definition) is 0. The van der Waals surface area contributed by atoms with Crippen molar-refractivity contribution >= 4 is 0 Å². The highest BCUT2D eigenvalue weighted by Crippen LogP contribution is 2.09. The van der Waals surface area contributed by atoms with Crippen molar-refractivity contribution in [2.24, 2.45) is 0 Å². The molecule has 0 bridgehead atoms. The Morgan fingerprint density at radius 1 is 1.08 bits per heavy atom. The minimum absolute atomic E-state index is 0.414. The van der Waals surface area contributed by atoms with Crippen molar-refractivity contribution in [1.82, 2.24) is 0 Å². The largest absolute Gasteiger partial charge is 0.378 e. The zero-order valence-corrected chi connectivity index (χ0v) is 9.35. The first-order valence-electron chi connectivity index (χ1n) is 5.76. The lowest BCUT2D eigenvalue weighted by molar-refractivity contribution is 0.0452. The quantitative estimate of drug-likeness (QED) is 0.494. The molecule has 0 aromatic heterocycles. The minimum Gasteiger partial charge on any atom is -0.378 e. The van der Waals surface area contributed by atoms with Crippen LogP contribution in [0, 0.1) is 6.92 Å². The molecule has 0 rings (SSSR count). The fourth-order valence-corrected chi connectivity index (χ4v) is 1.34. The van der Waals surface area contributed by atoms with Crippen LogP contribution in [0.4, 0.5) is 0 Å². The van der Waals surface area contributed by atoms with Crippen molar-refractivity contribution in [3.63, 3.8) is 0 Å². The van der Waals surface area contributed by atoms with Crippen LogP contribution >= 0.6 is 0 Å². The zero-order valence-electron chi connectivity index (χ0n) is 9.35. The summed E-state index contributed by atoms with van der Waals surface area (Å²) in [6, 6.07) is 0. The molecule has 1 atom stereocenters. The molecule has 0 N–H and O–H groups in total. The molecule has 0 saturated carbocycles. The zero-order chi connectivity index (χ0) is 9.94. The lowest BCUT2D eigenvalue weighted by Gasteiger charge is -2.15. The van der Waals surface area contributed by atoms with Crippen LogP contribution in [-0.4, -0.2) is 12.7 Å². The van der Waals surface area contributed by atoms with Crippen molar-refractivity contribution in [3.8, 4) is 0 Å². The molecular weight excluding hydrogens is 160 g/mol. The lowest BCUT2D eigenvalue weighted by Crippen LogP contribution is -2.12. The van der Waals surface area contributed by atoms with E-state index in [1.54, 1.807) is 0 Å². The van der Waals surface area contributed by atoms with Crippen LogP contribution in [0.3, 0.4) is 0 Å². The minimum atomic E-state index is 0.414. The Kier molecular flexibility index (Phi) is 10.0. The molecule has 0 aliphatic heterocycles. The number of rotatable bonds is 9. The molecule has 1 heteroatoms. The van der Waals surface area contributed by atoms with Gasteiger partial charge in [-0.25, -0.2) is 0 Å². The Morgan fingerprint density at radius 2 is 1.77 bits per heavy atom. The van der Waals surface area contributed by atoms with Gasteiger partial charge in [0.2, 0.25) is 0 Å². The smallest absolute Gasteiger partial charge is 0.0575 e. The van der Waals surface area contributed by atoms with E-state index >= 15 is 0 Å². The molecule has 0 aromatic rings. The summed E-state index contributed by atoms with van der Waals surface area (Å²) in [6.07, 6.45) is 8.82. The molecule has 0 fully saturated rings. The molecule has 1 radical (unpaired) electrons. The van der Waals surface area contributed by atoms with Crippen LogP contribution in [0.5, 0.6) is 0 Å². The number of hydrogen-bond acceptors (Lipinski definition) is 1. The Hall–Kier alpha value is -0.0400. The Bertz CT molecular complexity index is 91.1. The van der Waals surface area contributed by atoms with Gasteiger partial charge >= 0.3 is 0 Å². The van der Waals surface area contributed by atoms with Crippen molar-refractivity contribution in [1.29, 1.82) is 0 Å². The fourth-order valence-electron chi connectivity index (χ4n) is 1.34. The molecule has 0 aromatic carbocycles. The van der Waals surface area contributed by atoms with Gasteiger partial charge in [0.05, 0.1) is 6.10 Å². The molecule has 0 spiro atoms. The van der Waals surface area contributed by atoms with Gasteiger partial charge in [0.25, 0.3) is 0 Å². The van der Waals surface area contributed by atoms with E-state index in [9.17, 15) is 0 Å². The third-order valence-corrected chi connectivity index (χ3v) is 2.30. The summed E-state index contributed by atoms with van der Waals surface area (Å²) in [5.41, 5.74) is 0. The molecule has 0 amide bonds. The monoisotopic (exact) mass is 185 g/mol. The van der Waals surface area contributed by atoms with E-state index in [2.05, 4.69) is 20.8 Å². The summed E-state index contributed by atoms with van der Waals surface area (Å²) in [4.78, 5) is 0. The standard InChI is InChI=1S/C12H25O/c1-4-7-9-11-13-12(6-3)10-8-5-2/h12H,3-11H2,1-2H3. The predicted octanol–water partition coefficient (Wildman–Crippen LogP) is 3.98. The molecular formula is C12H25O. The maximum Gasteiger partial charge on any atom is 0.0575 e. The van der Waals surface area contributed by atoms with Crippen LogP contribution in [-0.2, 0) is 4.74 Å². The Morgan fingerprint density at radius 3 is 2.31 bits per heavy atom. The van der Waals surface area contributed by atoms with Gasteiger partial charge in [0.15, 0.2) is 0 Å². The van der Waals surface area contributed by atoms with Crippen molar-refractivity contribution in [2.75, 3.05) is 6.61 Å². The summed E-state index contributed by atoms with van der Waals surface area (Å²) in [5, 5.41) is 0. The molecule has 0 saturated heterocycles. The predicted molar refractivity (Wildman–Crippen MR) is 58.8 cm³/mol. The lowest BCUT2D eigenvalue weighted by atomic mass is 10.1. The van der Waals surface area contributed by atoms with Gasteiger partial charge < -0.3 is 4.74 Å². The summed E-state index contributed by atoms with van der Waals surface area (Å²) in [5.74, 6) is 0. The average molecular weight is 185 g/mol. The summed E-state index contributed by atoms with van der Waals surface area (Å²) in [6.45, 7) is 9.28. The molecule has 79 valence electrons. The second-order valence-corrected chi connectivity index (χ2v) is 3.63. The first-order chi connectivity index (χ1) is 6.35. The first kappa shape index (κ1) is 13.0. The topological polar surface area (TPSA) is 9.23 Å². The van der Waals surface area contributed by atoms with E-state index in [1.807, 2.05) is 0 Å². The molecule has 1 nitrogen and oxygen atoms in total. The molecule has 0 heterocycles. The van der Waals surface area contributed by atoms with Crippen molar-refractivity contribution in [3.05, 3.63) is 6.92 Å². The number of ether oxygens (including phenoxy) is 1. The molecule has 0 aliphatic rings. The van der Waals surface area contributed by atoms with Crippen LogP contribution in [0.25, 0.3) is 0 Å². The van der Waals surface area contributed by atoms with Gasteiger partial charge in [-0.2, -0.15) is 0 Å². The third-order valence-electron chi connectivity index (χ3n) is 2.30. The van der Waals surface area contributed by atoms with Crippen LogP contribution in [0.1, 0.15) is 58.8 Å². The highest BCUT2D eigenvalue weighted by atomic mass is 16.5. The molecule has 0 aliphatic carbocycles. The van der Waals surface area contributed by atoms with Gasteiger partial charge in [-0.3, -0.25) is 0 Å². The maximum atomic E-state index is 5.73. The van der Waals surface area contributed by atoms with E-state index < -0.39 is 0 Å². The van der Waals surface area contributed by atoms with E-state index in [-0.39, 0.29) is 0 Å². The maximum absolute atomic E-state index is 5.73. The van der Waals surface area contributed by atoms with Gasteiger partial charge in [0.1, 0.15) is 0 Å². The van der Waals surface area contributed by atoms with Crippen LogP contribution in [0.2, 0.25) is 0 Å². The van der Waals surface area contributed by atoms with E-state index in [0.717, 1.165) is 13.0 Å². The highest BCUT2D eigenvalue weighted by Gasteiger charge is 2.04. The van der Waals surface area contributed by atoms with Crippen molar-refractivity contribution < 1.29 is 4.74 Å². The van der Waals surface area contributed by atoms with Crippen LogP contribution < -0.4 is 0 Å². The van der Waals surface area contributed by atoms with Crippen molar-refractivity contribution in [2.45, 2.75) is 64.9 Å².